The molecule has 0 heterocycles. The molecule has 1 N–H and O–H groups in total. The fraction of sp³-hybridized carbons (Fsp3) is 0.842. The monoisotopic (exact) mass is 288 g/mol. The van der Waals surface area contributed by atoms with E-state index >= 15 is 0 Å². The highest BCUT2D eigenvalue weighted by molar-refractivity contribution is 5.91. The largest absolute Gasteiger partial charge is 0.389 e. The summed E-state index contributed by atoms with van der Waals surface area (Å²) in [5, 5.41) is 11.5. The van der Waals surface area contributed by atoms with Gasteiger partial charge in [0, 0.05) is 6.42 Å². The SMILES string of the molecule is C[C@@]12CCC[C@]1(O)[C@H]1CCC3=CC(=O)CC[C@@]3(C)[C@@H]1CC2. The zero-order chi connectivity index (χ0) is 14.9. The molecule has 4 aliphatic carbocycles. The van der Waals surface area contributed by atoms with E-state index in [0.717, 1.165) is 25.7 Å². The summed E-state index contributed by atoms with van der Waals surface area (Å²) >= 11 is 0. The van der Waals surface area contributed by atoms with Crippen LogP contribution in [0.4, 0.5) is 0 Å². The van der Waals surface area contributed by atoms with Crippen LogP contribution >= 0.6 is 0 Å². The number of fused-ring (bicyclic) bond motifs is 5. The van der Waals surface area contributed by atoms with Gasteiger partial charge >= 0.3 is 0 Å². The van der Waals surface area contributed by atoms with Crippen molar-refractivity contribution in [3.8, 4) is 0 Å². The van der Waals surface area contributed by atoms with Gasteiger partial charge in [-0.05, 0) is 80.1 Å². The number of rotatable bonds is 0. The molecule has 0 saturated heterocycles. The van der Waals surface area contributed by atoms with Gasteiger partial charge in [0.15, 0.2) is 5.78 Å². The normalized spacial score (nSPS) is 52.7. The first-order valence-electron chi connectivity index (χ1n) is 8.85. The van der Waals surface area contributed by atoms with Crippen LogP contribution in [0.5, 0.6) is 0 Å². The fourth-order valence-electron chi connectivity index (χ4n) is 6.52. The highest BCUT2D eigenvalue weighted by Crippen LogP contribution is 2.66. The lowest BCUT2D eigenvalue weighted by molar-refractivity contribution is -0.173. The minimum Gasteiger partial charge on any atom is -0.389 e. The first-order chi connectivity index (χ1) is 9.89. The average molecular weight is 288 g/mol. The first-order valence-corrected chi connectivity index (χ1v) is 8.85. The summed E-state index contributed by atoms with van der Waals surface area (Å²) in [6.45, 7) is 4.71. The second-order valence-corrected chi connectivity index (χ2v) is 8.68. The van der Waals surface area contributed by atoms with E-state index < -0.39 is 5.60 Å². The molecule has 0 aromatic rings. The summed E-state index contributed by atoms with van der Waals surface area (Å²) < 4.78 is 0. The van der Waals surface area contributed by atoms with Crippen molar-refractivity contribution in [2.75, 3.05) is 0 Å². The molecule has 0 amide bonds. The molecule has 4 rings (SSSR count). The topological polar surface area (TPSA) is 37.3 Å². The van der Waals surface area contributed by atoms with Crippen molar-refractivity contribution in [2.45, 2.75) is 77.2 Å². The minimum atomic E-state index is -0.439. The molecule has 116 valence electrons. The Balaban J connectivity index is 1.74. The highest BCUT2D eigenvalue weighted by Gasteiger charge is 2.63. The molecule has 0 unspecified atom stereocenters. The number of hydrogen-bond acceptors (Lipinski definition) is 2. The number of carbonyl (C=O) groups excluding carboxylic acids is 1. The summed E-state index contributed by atoms with van der Waals surface area (Å²) in [5.41, 5.74) is 1.28. The van der Waals surface area contributed by atoms with Crippen molar-refractivity contribution in [3.05, 3.63) is 11.6 Å². The van der Waals surface area contributed by atoms with E-state index in [9.17, 15) is 9.90 Å². The van der Waals surface area contributed by atoms with Crippen LogP contribution in [0.25, 0.3) is 0 Å². The molecule has 0 aromatic carbocycles. The Morgan fingerprint density at radius 2 is 1.86 bits per heavy atom. The van der Waals surface area contributed by atoms with E-state index in [0.29, 0.717) is 24.0 Å². The highest BCUT2D eigenvalue weighted by atomic mass is 16.3. The van der Waals surface area contributed by atoms with Crippen LogP contribution < -0.4 is 0 Å². The molecule has 5 atom stereocenters. The molecule has 3 fully saturated rings. The van der Waals surface area contributed by atoms with Gasteiger partial charge in [-0.25, -0.2) is 0 Å². The van der Waals surface area contributed by atoms with Gasteiger partial charge in [-0.3, -0.25) is 4.79 Å². The second-order valence-electron chi connectivity index (χ2n) is 8.68. The molecule has 0 aromatic heterocycles. The molecule has 2 nitrogen and oxygen atoms in total. The zero-order valence-electron chi connectivity index (χ0n) is 13.5. The Hall–Kier alpha value is -0.630. The van der Waals surface area contributed by atoms with Gasteiger partial charge < -0.3 is 5.11 Å². The Labute approximate surface area is 128 Å². The molecule has 4 aliphatic rings. The average Bonchev–Trinajstić information content (AvgIpc) is 2.75. The molecule has 0 bridgehead atoms. The zero-order valence-corrected chi connectivity index (χ0v) is 13.5. The van der Waals surface area contributed by atoms with Crippen LogP contribution in [0, 0.1) is 22.7 Å². The number of allylic oxidation sites excluding steroid dienone is 1. The molecular weight excluding hydrogens is 260 g/mol. The summed E-state index contributed by atoms with van der Waals surface area (Å²) in [6.07, 6.45) is 11.6. The van der Waals surface area contributed by atoms with Gasteiger partial charge in [0.1, 0.15) is 0 Å². The van der Waals surface area contributed by atoms with Crippen molar-refractivity contribution in [3.63, 3.8) is 0 Å². The maximum Gasteiger partial charge on any atom is 0.155 e. The lowest BCUT2D eigenvalue weighted by Crippen LogP contribution is -2.59. The van der Waals surface area contributed by atoms with E-state index in [4.69, 9.17) is 0 Å². The number of hydrogen-bond donors (Lipinski definition) is 1. The fourth-order valence-corrected chi connectivity index (χ4v) is 6.52. The van der Waals surface area contributed by atoms with Gasteiger partial charge in [-0.1, -0.05) is 19.4 Å². The third-order valence-electron chi connectivity index (χ3n) is 7.94. The molecule has 21 heavy (non-hydrogen) atoms. The smallest absolute Gasteiger partial charge is 0.155 e. The molecule has 0 spiro atoms. The predicted octanol–water partition coefficient (Wildman–Crippen LogP) is 4.02. The van der Waals surface area contributed by atoms with Crippen molar-refractivity contribution in [1.82, 2.24) is 0 Å². The number of ketones is 1. The van der Waals surface area contributed by atoms with Crippen LogP contribution in [0.2, 0.25) is 0 Å². The van der Waals surface area contributed by atoms with Crippen LogP contribution in [0.15, 0.2) is 11.6 Å². The quantitative estimate of drug-likeness (QED) is 0.731. The maximum absolute atomic E-state index is 11.8. The van der Waals surface area contributed by atoms with Crippen molar-refractivity contribution < 1.29 is 9.90 Å². The van der Waals surface area contributed by atoms with Gasteiger partial charge in [0.2, 0.25) is 0 Å². The predicted molar refractivity (Wildman–Crippen MR) is 82.8 cm³/mol. The van der Waals surface area contributed by atoms with Crippen LogP contribution in [0.1, 0.15) is 71.6 Å². The minimum absolute atomic E-state index is 0.149. The molecular formula is C19H28O2. The Morgan fingerprint density at radius 3 is 2.67 bits per heavy atom. The van der Waals surface area contributed by atoms with E-state index in [1.165, 1.54) is 31.3 Å². The van der Waals surface area contributed by atoms with Gasteiger partial charge in [0.25, 0.3) is 0 Å². The summed E-state index contributed by atoms with van der Waals surface area (Å²) in [5.74, 6) is 1.36. The van der Waals surface area contributed by atoms with E-state index in [2.05, 4.69) is 13.8 Å². The van der Waals surface area contributed by atoms with Crippen LogP contribution in [-0.2, 0) is 4.79 Å². The lowest BCUT2D eigenvalue weighted by Gasteiger charge is -2.60. The van der Waals surface area contributed by atoms with Crippen molar-refractivity contribution >= 4 is 5.78 Å². The van der Waals surface area contributed by atoms with Gasteiger partial charge in [-0.2, -0.15) is 0 Å². The van der Waals surface area contributed by atoms with Gasteiger partial charge in [0.05, 0.1) is 5.60 Å². The molecule has 3 saturated carbocycles. The number of carbonyl (C=O) groups is 1. The van der Waals surface area contributed by atoms with Crippen LogP contribution in [-0.4, -0.2) is 16.5 Å². The van der Waals surface area contributed by atoms with Crippen LogP contribution in [0.3, 0.4) is 0 Å². The Morgan fingerprint density at radius 1 is 1.05 bits per heavy atom. The van der Waals surface area contributed by atoms with E-state index in [1.807, 2.05) is 6.08 Å². The van der Waals surface area contributed by atoms with Crippen molar-refractivity contribution in [2.24, 2.45) is 22.7 Å². The third kappa shape index (κ3) is 1.66. The maximum atomic E-state index is 11.8. The van der Waals surface area contributed by atoms with Gasteiger partial charge in [-0.15, -0.1) is 0 Å². The summed E-state index contributed by atoms with van der Waals surface area (Å²) in [6, 6.07) is 0. The number of aliphatic hydroxyl groups is 1. The Bertz CT molecular complexity index is 522. The third-order valence-corrected chi connectivity index (χ3v) is 7.94. The first kappa shape index (κ1) is 14.0. The second kappa shape index (κ2) is 4.22. The van der Waals surface area contributed by atoms with E-state index in [-0.39, 0.29) is 10.8 Å². The molecule has 0 radical (unpaired) electrons. The molecule has 2 heteroatoms. The molecule has 0 aliphatic heterocycles. The summed E-state index contributed by atoms with van der Waals surface area (Å²) in [4.78, 5) is 11.8. The summed E-state index contributed by atoms with van der Waals surface area (Å²) in [7, 11) is 0. The Kier molecular flexibility index (Phi) is 2.81. The van der Waals surface area contributed by atoms with E-state index in [1.54, 1.807) is 0 Å². The van der Waals surface area contributed by atoms with Crippen molar-refractivity contribution in [1.29, 1.82) is 0 Å². The standard InChI is InChI=1S/C19H28O2/c1-17-8-3-9-19(17,21)16-5-4-13-12-14(20)6-11-18(13,2)15(16)7-10-17/h12,15-16,21H,3-11H2,1-2H3/t15-,16+,17+,18-,19+/m1/s1. The lowest BCUT2D eigenvalue weighted by atomic mass is 9.46.